The summed E-state index contributed by atoms with van der Waals surface area (Å²) in [5, 5.41) is 23.7. The standard InChI is InChI=1S/C26H32N6O/c1-5-8-23(32-13-11-31(18-33)12-14-32)15-25-24(6-2)20(4)29-30-26(25)28-17-22-10-7-9-21(16-27)19(22)3/h6-10,15,18H,5,11-14,17H2,1-4H3,(H,28,30)/b23-8-,24-6-,25-15+. The minimum atomic E-state index is 0.550. The zero-order valence-electron chi connectivity index (χ0n) is 19.9. The average Bonchev–Trinajstić information content (AvgIpc) is 2.84. The molecule has 1 aromatic heterocycles. The van der Waals surface area contributed by atoms with Crippen LogP contribution in [0.3, 0.4) is 0 Å². The quantitative estimate of drug-likeness (QED) is 0.659. The Bertz CT molecular complexity index is 1190. The molecule has 3 rings (SSSR count). The first-order chi connectivity index (χ1) is 16.0. The second-order valence-electron chi connectivity index (χ2n) is 8.12. The fraction of sp³-hybridized carbons (Fsp3) is 0.385. The van der Waals surface area contributed by atoms with Crippen molar-refractivity contribution >= 4 is 24.4 Å². The van der Waals surface area contributed by atoms with Crippen LogP contribution in [0.5, 0.6) is 0 Å². The molecule has 0 spiro atoms. The Morgan fingerprint density at radius 3 is 2.58 bits per heavy atom. The van der Waals surface area contributed by atoms with Gasteiger partial charge >= 0.3 is 0 Å². The first-order valence-electron chi connectivity index (χ1n) is 11.4. The predicted octanol–water partition coefficient (Wildman–Crippen LogP) is 2.23. The molecule has 1 aliphatic heterocycles. The monoisotopic (exact) mass is 444 g/mol. The Balaban J connectivity index is 2.01. The fourth-order valence-electron chi connectivity index (χ4n) is 4.09. The van der Waals surface area contributed by atoms with E-state index in [4.69, 9.17) is 0 Å². The molecular formula is C26H32N6O. The highest BCUT2D eigenvalue weighted by Crippen LogP contribution is 2.15. The van der Waals surface area contributed by atoms with Gasteiger partial charge in [-0.2, -0.15) is 10.4 Å². The maximum atomic E-state index is 11.1. The summed E-state index contributed by atoms with van der Waals surface area (Å²) in [6.07, 6.45) is 8.30. The van der Waals surface area contributed by atoms with Crippen molar-refractivity contribution in [3.8, 4) is 6.07 Å². The van der Waals surface area contributed by atoms with E-state index in [1.165, 1.54) is 0 Å². The number of hydrogen-bond acceptors (Lipinski definition) is 6. The lowest BCUT2D eigenvalue weighted by atomic mass is 10.0. The van der Waals surface area contributed by atoms with Gasteiger partial charge in [0.25, 0.3) is 0 Å². The largest absolute Gasteiger partial charge is 0.368 e. The smallest absolute Gasteiger partial charge is 0.209 e. The topological polar surface area (TPSA) is 85.2 Å². The number of amides is 1. The Hall–Kier alpha value is -3.66. The van der Waals surface area contributed by atoms with E-state index < -0.39 is 0 Å². The van der Waals surface area contributed by atoms with Gasteiger partial charge in [0.1, 0.15) is 0 Å². The van der Waals surface area contributed by atoms with Crippen LogP contribution in [0, 0.1) is 25.2 Å². The number of nitriles is 1. The van der Waals surface area contributed by atoms with Crippen molar-refractivity contribution in [3.63, 3.8) is 0 Å². The van der Waals surface area contributed by atoms with Crippen LogP contribution in [0.25, 0.3) is 12.2 Å². The third-order valence-corrected chi connectivity index (χ3v) is 6.07. The summed E-state index contributed by atoms with van der Waals surface area (Å²) in [5.41, 5.74) is 4.71. The molecule has 0 bridgehead atoms. The normalized spacial score (nSPS) is 15.5. The molecule has 1 aromatic carbocycles. The molecule has 33 heavy (non-hydrogen) atoms. The molecule has 1 amide bonds. The molecule has 0 atom stereocenters. The zero-order valence-corrected chi connectivity index (χ0v) is 19.9. The van der Waals surface area contributed by atoms with Gasteiger partial charge in [-0.25, -0.2) is 0 Å². The lowest BCUT2D eigenvalue weighted by molar-refractivity contribution is -0.119. The van der Waals surface area contributed by atoms with Crippen LogP contribution in [0.4, 0.5) is 5.82 Å². The van der Waals surface area contributed by atoms with Gasteiger partial charge < -0.3 is 15.1 Å². The lowest BCUT2D eigenvalue weighted by Gasteiger charge is -2.35. The van der Waals surface area contributed by atoms with Crippen LogP contribution in [0.1, 0.15) is 42.7 Å². The highest BCUT2D eigenvalue weighted by atomic mass is 16.1. The SMILES string of the molecule is C/C=c1/c(C)nnc(NCc2cccc(C#N)c2C)/c1=C/C(=C/CC)N1CCN(C=O)CC1. The minimum Gasteiger partial charge on any atom is -0.368 e. The predicted molar refractivity (Wildman–Crippen MR) is 131 cm³/mol. The number of aryl methyl sites for hydroxylation is 1. The van der Waals surface area contributed by atoms with Gasteiger partial charge in [-0.3, -0.25) is 4.79 Å². The molecule has 172 valence electrons. The van der Waals surface area contributed by atoms with E-state index in [9.17, 15) is 10.1 Å². The van der Waals surface area contributed by atoms with Crippen molar-refractivity contribution < 1.29 is 4.79 Å². The van der Waals surface area contributed by atoms with Crippen LogP contribution in [0.2, 0.25) is 0 Å². The lowest BCUT2D eigenvalue weighted by Crippen LogP contribution is -2.45. The molecule has 7 heteroatoms. The summed E-state index contributed by atoms with van der Waals surface area (Å²) in [6.45, 7) is 11.7. The molecule has 1 aliphatic rings. The van der Waals surface area contributed by atoms with Gasteiger partial charge in [0, 0.05) is 48.9 Å². The molecule has 7 nitrogen and oxygen atoms in total. The van der Waals surface area contributed by atoms with E-state index >= 15 is 0 Å². The summed E-state index contributed by atoms with van der Waals surface area (Å²) in [5.74, 6) is 0.712. The van der Waals surface area contributed by atoms with Crippen molar-refractivity contribution in [1.82, 2.24) is 20.0 Å². The van der Waals surface area contributed by atoms with Gasteiger partial charge in [0.05, 0.1) is 17.3 Å². The molecule has 1 N–H and O–H groups in total. The number of allylic oxidation sites excluding steroid dienone is 2. The van der Waals surface area contributed by atoms with Gasteiger partial charge in [0.2, 0.25) is 6.41 Å². The number of nitrogens with one attached hydrogen (secondary N) is 1. The third-order valence-electron chi connectivity index (χ3n) is 6.07. The summed E-state index contributed by atoms with van der Waals surface area (Å²) >= 11 is 0. The average molecular weight is 445 g/mol. The second kappa shape index (κ2) is 11.3. The fourth-order valence-corrected chi connectivity index (χ4v) is 4.09. The number of piperazine rings is 1. The van der Waals surface area contributed by atoms with E-state index in [0.29, 0.717) is 17.9 Å². The van der Waals surface area contributed by atoms with Crippen LogP contribution < -0.4 is 15.8 Å². The molecular weight excluding hydrogens is 412 g/mol. The van der Waals surface area contributed by atoms with E-state index in [-0.39, 0.29) is 0 Å². The number of hydrogen-bond donors (Lipinski definition) is 1. The Morgan fingerprint density at radius 2 is 1.94 bits per heavy atom. The van der Waals surface area contributed by atoms with Crippen LogP contribution >= 0.6 is 0 Å². The first-order valence-corrected chi connectivity index (χ1v) is 11.4. The second-order valence-corrected chi connectivity index (χ2v) is 8.12. The summed E-state index contributed by atoms with van der Waals surface area (Å²) in [6, 6.07) is 8.01. The highest BCUT2D eigenvalue weighted by Gasteiger charge is 2.17. The van der Waals surface area contributed by atoms with Crippen LogP contribution in [0.15, 0.2) is 30.0 Å². The number of carbonyl (C=O) groups excluding carboxylic acids is 1. The number of rotatable bonds is 7. The molecule has 0 unspecified atom stereocenters. The Labute approximate surface area is 195 Å². The van der Waals surface area contributed by atoms with Gasteiger partial charge in [-0.1, -0.05) is 31.2 Å². The minimum absolute atomic E-state index is 0.550. The molecule has 1 fully saturated rings. The molecule has 1 saturated heterocycles. The number of anilines is 1. The van der Waals surface area contributed by atoms with E-state index in [2.05, 4.69) is 51.6 Å². The Morgan fingerprint density at radius 1 is 1.18 bits per heavy atom. The van der Waals surface area contributed by atoms with Gasteiger partial charge in [0.15, 0.2) is 5.82 Å². The van der Waals surface area contributed by atoms with Crippen LogP contribution in [-0.4, -0.2) is 52.6 Å². The van der Waals surface area contributed by atoms with E-state index in [0.717, 1.165) is 72.0 Å². The van der Waals surface area contributed by atoms with Crippen molar-refractivity contribution in [2.75, 3.05) is 31.5 Å². The molecule has 0 radical (unpaired) electrons. The van der Waals surface area contributed by atoms with Crippen molar-refractivity contribution in [1.29, 1.82) is 5.26 Å². The van der Waals surface area contributed by atoms with Crippen molar-refractivity contribution in [3.05, 3.63) is 62.8 Å². The zero-order chi connectivity index (χ0) is 23.8. The Kier molecular flexibility index (Phi) is 8.20. The first kappa shape index (κ1) is 24.0. The van der Waals surface area contributed by atoms with E-state index in [1.54, 1.807) is 0 Å². The van der Waals surface area contributed by atoms with E-state index in [1.807, 2.05) is 43.9 Å². The summed E-state index contributed by atoms with van der Waals surface area (Å²) in [4.78, 5) is 15.2. The summed E-state index contributed by atoms with van der Waals surface area (Å²) < 4.78 is 0. The molecule has 2 aromatic rings. The number of aromatic nitrogens is 2. The molecule has 0 saturated carbocycles. The maximum Gasteiger partial charge on any atom is 0.209 e. The van der Waals surface area contributed by atoms with Crippen molar-refractivity contribution in [2.45, 2.75) is 40.7 Å². The van der Waals surface area contributed by atoms with Crippen molar-refractivity contribution in [2.24, 2.45) is 0 Å². The number of benzene rings is 1. The van der Waals surface area contributed by atoms with Crippen LogP contribution in [-0.2, 0) is 11.3 Å². The van der Waals surface area contributed by atoms with Gasteiger partial charge in [-0.15, -0.1) is 5.10 Å². The number of nitrogens with zero attached hydrogens (tertiary/aromatic N) is 5. The third kappa shape index (κ3) is 5.58. The molecule has 2 heterocycles. The number of carbonyl (C=O) groups is 1. The summed E-state index contributed by atoms with van der Waals surface area (Å²) in [7, 11) is 0. The molecule has 0 aliphatic carbocycles. The van der Waals surface area contributed by atoms with Gasteiger partial charge in [-0.05, 0) is 50.5 Å². The highest BCUT2D eigenvalue weighted by molar-refractivity contribution is 5.55. The maximum absolute atomic E-state index is 11.1.